The van der Waals surface area contributed by atoms with Gasteiger partial charge in [-0.2, -0.15) is 0 Å². The normalized spacial score (nSPS) is 14.6. The number of ether oxygens (including phenoxy) is 2. The van der Waals surface area contributed by atoms with E-state index in [0.29, 0.717) is 0 Å². The molecule has 1 aromatic rings. The molecule has 0 amide bonds. The molecule has 0 aliphatic carbocycles. The van der Waals surface area contributed by atoms with Crippen molar-refractivity contribution in [3.05, 3.63) is 30.3 Å². The van der Waals surface area contributed by atoms with E-state index < -0.39 is 12.0 Å². The first-order valence-electron chi connectivity index (χ1n) is 6.72. The van der Waals surface area contributed by atoms with Crippen LogP contribution in [0.25, 0.3) is 0 Å². The largest absolute Gasteiger partial charge is 0.487 e. The summed E-state index contributed by atoms with van der Waals surface area (Å²) in [7, 11) is 0. The highest BCUT2D eigenvalue weighted by atomic mass is 35.5. The molecule has 0 bridgehead atoms. The lowest BCUT2D eigenvalue weighted by Gasteiger charge is -2.25. The minimum Gasteiger partial charge on any atom is -0.487 e. The fourth-order valence-corrected chi connectivity index (χ4v) is 1.71. The third kappa shape index (κ3) is 6.26. The lowest BCUT2D eigenvalue weighted by Crippen LogP contribution is -2.38. The van der Waals surface area contributed by atoms with Crippen molar-refractivity contribution in [1.82, 2.24) is 0 Å². The van der Waals surface area contributed by atoms with Gasteiger partial charge in [-0.15, -0.1) is 12.4 Å². The summed E-state index contributed by atoms with van der Waals surface area (Å²) in [6, 6.07) is 8.93. The molecular formula is C15H24ClNO3. The molecule has 0 saturated heterocycles. The van der Waals surface area contributed by atoms with Gasteiger partial charge in [0, 0.05) is 0 Å². The van der Waals surface area contributed by atoms with Gasteiger partial charge in [0.25, 0.3) is 0 Å². The number of hydrogen-bond donors (Lipinski definition) is 1. The van der Waals surface area contributed by atoms with E-state index in [4.69, 9.17) is 15.2 Å². The number of benzene rings is 1. The molecular weight excluding hydrogens is 278 g/mol. The standard InChI is InChI=1S/C15H23NO3.ClH/c1-4-8-14(12(3)18-15(17)11(2)16)19-13-9-6-5-7-10-13;/h5-7,9-12,14H,4,8,16H2,1-3H3;1H/t11-,12-,14+;/m0./s1. The third-order valence-corrected chi connectivity index (χ3v) is 2.80. The van der Waals surface area contributed by atoms with Crippen molar-refractivity contribution in [3.8, 4) is 5.75 Å². The third-order valence-electron chi connectivity index (χ3n) is 2.80. The maximum absolute atomic E-state index is 11.5. The predicted octanol–water partition coefficient (Wildman–Crippen LogP) is 2.93. The first kappa shape index (κ1) is 18.7. The zero-order chi connectivity index (χ0) is 14.3. The highest BCUT2D eigenvalue weighted by Gasteiger charge is 2.23. The lowest BCUT2D eigenvalue weighted by atomic mass is 10.1. The Morgan fingerprint density at radius 1 is 1.25 bits per heavy atom. The molecule has 20 heavy (non-hydrogen) atoms. The van der Waals surface area contributed by atoms with Crippen molar-refractivity contribution >= 4 is 18.4 Å². The monoisotopic (exact) mass is 301 g/mol. The predicted molar refractivity (Wildman–Crippen MR) is 82.2 cm³/mol. The topological polar surface area (TPSA) is 61.5 Å². The Labute approximate surface area is 127 Å². The molecule has 0 unspecified atom stereocenters. The molecule has 0 aliphatic heterocycles. The fraction of sp³-hybridized carbons (Fsp3) is 0.533. The highest BCUT2D eigenvalue weighted by Crippen LogP contribution is 2.17. The van der Waals surface area contributed by atoms with E-state index in [1.165, 1.54) is 0 Å². The van der Waals surface area contributed by atoms with Crippen LogP contribution < -0.4 is 10.5 Å². The Hall–Kier alpha value is -1.26. The maximum Gasteiger partial charge on any atom is 0.323 e. The number of halogens is 1. The smallest absolute Gasteiger partial charge is 0.323 e. The summed E-state index contributed by atoms with van der Waals surface area (Å²) in [6.45, 7) is 5.52. The van der Waals surface area contributed by atoms with Crippen LogP contribution in [-0.2, 0) is 9.53 Å². The van der Waals surface area contributed by atoms with Gasteiger partial charge < -0.3 is 15.2 Å². The summed E-state index contributed by atoms with van der Waals surface area (Å²) >= 11 is 0. The average Bonchev–Trinajstić information content (AvgIpc) is 2.39. The Morgan fingerprint density at radius 3 is 2.35 bits per heavy atom. The van der Waals surface area contributed by atoms with Gasteiger partial charge in [0.1, 0.15) is 24.0 Å². The average molecular weight is 302 g/mol. The number of rotatable bonds is 7. The number of hydrogen-bond acceptors (Lipinski definition) is 4. The second-order valence-electron chi connectivity index (χ2n) is 4.69. The molecule has 5 heteroatoms. The molecule has 1 aromatic carbocycles. The summed E-state index contributed by atoms with van der Waals surface area (Å²) in [6.07, 6.45) is 1.30. The SMILES string of the molecule is CCC[C@@H](Oc1ccccc1)[C@H](C)OC(=O)[C@H](C)N.Cl. The van der Waals surface area contributed by atoms with Crippen LogP contribution in [0.15, 0.2) is 30.3 Å². The van der Waals surface area contributed by atoms with Crippen molar-refractivity contribution < 1.29 is 14.3 Å². The van der Waals surface area contributed by atoms with Crippen LogP contribution in [0.3, 0.4) is 0 Å². The van der Waals surface area contributed by atoms with Crippen molar-refractivity contribution in [3.63, 3.8) is 0 Å². The van der Waals surface area contributed by atoms with Gasteiger partial charge in [-0.3, -0.25) is 4.79 Å². The van der Waals surface area contributed by atoms with Crippen LogP contribution in [0.2, 0.25) is 0 Å². The van der Waals surface area contributed by atoms with Crippen LogP contribution in [0.1, 0.15) is 33.6 Å². The summed E-state index contributed by atoms with van der Waals surface area (Å²) in [5.74, 6) is 0.384. The minimum absolute atomic E-state index is 0. The van der Waals surface area contributed by atoms with Crippen molar-refractivity contribution in [2.24, 2.45) is 5.73 Å². The molecule has 0 fully saturated rings. The van der Waals surface area contributed by atoms with Gasteiger partial charge in [-0.05, 0) is 32.4 Å². The molecule has 0 aliphatic rings. The fourth-order valence-electron chi connectivity index (χ4n) is 1.71. The molecule has 2 N–H and O–H groups in total. The summed E-state index contributed by atoms with van der Waals surface area (Å²) < 4.78 is 11.2. The van der Waals surface area contributed by atoms with Crippen LogP contribution in [0.4, 0.5) is 0 Å². The molecule has 0 spiro atoms. The number of para-hydroxylation sites is 1. The Balaban J connectivity index is 0.00000361. The number of esters is 1. The first-order chi connectivity index (χ1) is 9.04. The summed E-state index contributed by atoms with van der Waals surface area (Å²) in [5, 5.41) is 0. The van der Waals surface area contributed by atoms with Gasteiger partial charge in [0.15, 0.2) is 0 Å². The second-order valence-corrected chi connectivity index (χ2v) is 4.69. The summed E-state index contributed by atoms with van der Waals surface area (Å²) in [5.41, 5.74) is 5.50. The first-order valence-corrected chi connectivity index (χ1v) is 6.72. The highest BCUT2D eigenvalue weighted by molar-refractivity contribution is 5.85. The van der Waals surface area contributed by atoms with Crippen LogP contribution in [0.5, 0.6) is 5.75 Å². The van der Waals surface area contributed by atoms with Crippen molar-refractivity contribution in [2.45, 2.75) is 51.9 Å². The molecule has 114 valence electrons. The molecule has 1 rings (SSSR count). The Morgan fingerprint density at radius 2 is 1.85 bits per heavy atom. The quantitative estimate of drug-likeness (QED) is 0.787. The van der Waals surface area contributed by atoms with Gasteiger partial charge in [0.2, 0.25) is 0 Å². The van der Waals surface area contributed by atoms with E-state index in [0.717, 1.165) is 18.6 Å². The number of carbonyl (C=O) groups is 1. The van der Waals surface area contributed by atoms with Gasteiger partial charge >= 0.3 is 5.97 Å². The van der Waals surface area contributed by atoms with E-state index in [9.17, 15) is 4.79 Å². The zero-order valence-electron chi connectivity index (χ0n) is 12.2. The number of nitrogens with two attached hydrogens (primary N) is 1. The van der Waals surface area contributed by atoms with E-state index in [2.05, 4.69) is 6.92 Å². The minimum atomic E-state index is -0.610. The molecule has 0 radical (unpaired) electrons. The van der Waals surface area contributed by atoms with E-state index >= 15 is 0 Å². The van der Waals surface area contributed by atoms with Gasteiger partial charge in [-0.1, -0.05) is 31.5 Å². The summed E-state index contributed by atoms with van der Waals surface area (Å²) in [4.78, 5) is 11.5. The van der Waals surface area contributed by atoms with Gasteiger partial charge in [-0.25, -0.2) is 0 Å². The van der Waals surface area contributed by atoms with Gasteiger partial charge in [0.05, 0.1) is 0 Å². The second kappa shape index (κ2) is 9.61. The zero-order valence-corrected chi connectivity index (χ0v) is 13.1. The van der Waals surface area contributed by atoms with E-state index in [-0.39, 0.29) is 24.6 Å². The van der Waals surface area contributed by atoms with Crippen molar-refractivity contribution in [1.29, 1.82) is 0 Å². The molecule has 4 nitrogen and oxygen atoms in total. The molecule has 0 heterocycles. The van der Waals surface area contributed by atoms with E-state index in [1.54, 1.807) is 6.92 Å². The molecule has 0 saturated carbocycles. The van der Waals surface area contributed by atoms with E-state index in [1.807, 2.05) is 37.3 Å². The van der Waals surface area contributed by atoms with Crippen LogP contribution in [-0.4, -0.2) is 24.2 Å². The lowest BCUT2D eigenvalue weighted by molar-refractivity contribution is -0.154. The molecule has 3 atom stereocenters. The Bertz CT molecular complexity index is 384. The maximum atomic E-state index is 11.5. The van der Waals surface area contributed by atoms with Crippen molar-refractivity contribution in [2.75, 3.05) is 0 Å². The molecule has 0 aromatic heterocycles. The Kier molecular flexibility index (Phi) is 9.01. The number of carbonyl (C=O) groups excluding carboxylic acids is 1. The van der Waals surface area contributed by atoms with Crippen LogP contribution in [0, 0.1) is 0 Å². The van der Waals surface area contributed by atoms with Crippen LogP contribution >= 0.6 is 12.4 Å².